The van der Waals surface area contributed by atoms with Crippen LogP contribution in [0.1, 0.15) is 33.6 Å². The van der Waals surface area contributed by atoms with Crippen molar-refractivity contribution in [3.8, 4) is 0 Å². The van der Waals surface area contributed by atoms with E-state index < -0.39 is 10.8 Å². The van der Waals surface area contributed by atoms with Crippen LogP contribution in [-0.2, 0) is 20.3 Å². The van der Waals surface area contributed by atoms with E-state index >= 15 is 0 Å². The average molecular weight is 222 g/mol. The van der Waals surface area contributed by atoms with Gasteiger partial charge < -0.3 is 9.47 Å². The van der Waals surface area contributed by atoms with E-state index in [0.717, 1.165) is 18.6 Å². The van der Waals surface area contributed by atoms with Crippen LogP contribution in [0.4, 0.5) is 0 Å². The molecule has 3 nitrogen and oxygen atoms in total. The van der Waals surface area contributed by atoms with Crippen LogP contribution in [0.15, 0.2) is 0 Å². The highest BCUT2D eigenvalue weighted by molar-refractivity contribution is 7.84. The van der Waals surface area contributed by atoms with Crippen LogP contribution >= 0.6 is 0 Å². The Bertz CT molecular complexity index is 144. The Labute approximate surface area is 89.6 Å². The summed E-state index contributed by atoms with van der Waals surface area (Å²) in [4.78, 5) is 0. The van der Waals surface area contributed by atoms with Crippen molar-refractivity contribution in [2.24, 2.45) is 0 Å². The van der Waals surface area contributed by atoms with Gasteiger partial charge in [0.25, 0.3) is 0 Å². The molecule has 4 heteroatoms. The number of hydrogen-bond acceptors (Lipinski definition) is 3. The van der Waals surface area contributed by atoms with Gasteiger partial charge in [-0.3, -0.25) is 4.21 Å². The van der Waals surface area contributed by atoms with Crippen molar-refractivity contribution in [1.82, 2.24) is 0 Å². The maximum Gasteiger partial charge on any atom is 0.158 e. The summed E-state index contributed by atoms with van der Waals surface area (Å²) in [5, 5.41) is 0. The smallest absolute Gasteiger partial charge is 0.158 e. The summed E-state index contributed by atoms with van der Waals surface area (Å²) in [6, 6.07) is 0. The van der Waals surface area contributed by atoms with Crippen molar-refractivity contribution in [1.29, 1.82) is 0 Å². The second kappa shape index (κ2) is 9.62. The van der Waals surface area contributed by atoms with Crippen molar-refractivity contribution in [3.63, 3.8) is 0 Å². The van der Waals surface area contributed by atoms with Gasteiger partial charge in [-0.05, 0) is 20.3 Å². The molecule has 0 bridgehead atoms. The molecule has 0 aliphatic rings. The first-order chi connectivity index (χ1) is 6.74. The third-order valence-electron chi connectivity index (χ3n) is 1.72. The third-order valence-corrected chi connectivity index (χ3v) is 3.27. The fourth-order valence-corrected chi connectivity index (χ4v) is 2.26. The van der Waals surface area contributed by atoms with Crippen LogP contribution in [0.2, 0.25) is 0 Å². The SMILES string of the molecule is CCCS(=O)CCC(OCC)OCC. The Morgan fingerprint density at radius 3 is 2.07 bits per heavy atom. The second-order valence-electron chi connectivity index (χ2n) is 2.98. The van der Waals surface area contributed by atoms with E-state index in [0.29, 0.717) is 19.0 Å². The number of hydrogen-bond donors (Lipinski definition) is 0. The minimum Gasteiger partial charge on any atom is -0.353 e. The highest BCUT2D eigenvalue weighted by atomic mass is 32.2. The van der Waals surface area contributed by atoms with Gasteiger partial charge in [-0.15, -0.1) is 0 Å². The molecule has 0 spiro atoms. The summed E-state index contributed by atoms with van der Waals surface area (Å²) in [6.45, 7) is 7.21. The van der Waals surface area contributed by atoms with Gasteiger partial charge >= 0.3 is 0 Å². The quantitative estimate of drug-likeness (QED) is 0.559. The van der Waals surface area contributed by atoms with Crippen molar-refractivity contribution >= 4 is 10.8 Å². The van der Waals surface area contributed by atoms with Gasteiger partial charge in [0.15, 0.2) is 6.29 Å². The van der Waals surface area contributed by atoms with Crippen LogP contribution in [0.3, 0.4) is 0 Å². The molecule has 0 fully saturated rings. The summed E-state index contributed by atoms with van der Waals surface area (Å²) < 4.78 is 22.1. The Balaban J connectivity index is 3.63. The van der Waals surface area contributed by atoms with Crippen LogP contribution in [0, 0.1) is 0 Å². The van der Waals surface area contributed by atoms with Gasteiger partial charge in [0, 0.05) is 41.9 Å². The molecular weight excluding hydrogens is 200 g/mol. The fourth-order valence-electron chi connectivity index (χ4n) is 1.14. The fraction of sp³-hybridized carbons (Fsp3) is 1.00. The van der Waals surface area contributed by atoms with Gasteiger partial charge in [-0.25, -0.2) is 0 Å². The molecule has 0 radical (unpaired) electrons. The molecule has 0 heterocycles. The minimum atomic E-state index is -0.708. The zero-order valence-electron chi connectivity index (χ0n) is 9.45. The first-order valence-electron chi connectivity index (χ1n) is 5.32. The minimum absolute atomic E-state index is 0.175. The second-order valence-corrected chi connectivity index (χ2v) is 4.67. The summed E-state index contributed by atoms with van der Waals surface area (Å²) in [5.41, 5.74) is 0. The van der Waals surface area contributed by atoms with Crippen molar-refractivity contribution in [2.45, 2.75) is 39.9 Å². The molecule has 0 saturated carbocycles. The number of ether oxygens (including phenoxy) is 2. The van der Waals surface area contributed by atoms with Crippen LogP contribution in [-0.4, -0.2) is 35.2 Å². The Morgan fingerprint density at radius 2 is 1.64 bits per heavy atom. The van der Waals surface area contributed by atoms with E-state index in [9.17, 15) is 4.21 Å². The molecule has 0 aromatic rings. The van der Waals surface area contributed by atoms with Gasteiger partial charge in [0.05, 0.1) is 0 Å². The Morgan fingerprint density at radius 1 is 1.07 bits per heavy atom. The molecule has 0 N–H and O–H groups in total. The summed E-state index contributed by atoms with van der Waals surface area (Å²) in [6.07, 6.45) is 1.53. The van der Waals surface area contributed by atoms with E-state index in [1.54, 1.807) is 0 Å². The Kier molecular flexibility index (Phi) is 9.67. The maximum absolute atomic E-state index is 11.4. The first-order valence-corrected chi connectivity index (χ1v) is 6.81. The standard InChI is InChI=1S/C10H22O3S/c1-4-8-14(11)9-7-10(12-5-2)13-6-3/h10H,4-9H2,1-3H3. The maximum atomic E-state index is 11.4. The molecule has 0 amide bonds. The highest BCUT2D eigenvalue weighted by Crippen LogP contribution is 2.03. The predicted molar refractivity (Wildman–Crippen MR) is 59.8 cm³/mol. The van der Waals surface area contributed by atoms with Gasteiger partial charge in [0.2, 0.25) is 0 Å². The predicted octanol–water partition coefficient (Wildman–Crippen LogP) is 1.93. The molecule has 14 heavy (non-hydrogen) atoms. The van der Waals surface area contributed by atoms with Gasteiger partial charge in [0.1, 0.15) is 0 Å². The van der Waals surface area contributed by atoms with Crippen molar-refractivity contribution in [2.75, 3.05) is 24.7 Å². The van der Waals surface area contributed by atoms with Gasteiger partial charge in [-0.2, -0.15) is 0 Å². The van der Waals surface area contributed by atoms with Crippen LogP contribution in [0.25, 0.3) is 0 Å². The normalized spacial score (nSPS) is 13.4. The first kappa shape index (κ1) is 14.1. The molecule has 0 rings (SSSR count). The molecule has 0 aliphatic heterocycles. The average Bonchev–Trinajstić information content (AvgIpc) is 2.15. The monoisotopic (exact) mass is 222 g/mol. The summed E-state index contributed by atoms with van der Waals surface area (Å²) in [7, 11) is -0.708. The lowest BCUT2D eigenvalue weighted by Gasteiger charge is -2.16. The van der Waals surface area contributed by atoms with Gasteiger partial charge in [-0.1, -0.05) is 6.92 Å². The van der Waals surface area contributed by atoms with E-state index in [1.807, 2.05) is 20.8 Å². The molecular formula is C10H22O3S. The van der Waals surface area contributed by atoms with Crippen molar-refractivity contribution in [3.05, 3.63) is 0 Å². The molecule has 0 aliphatic carbocycles. The molecule has 1 atom stereocenters. The highest BCUT2D eigenvalue weighted by Gasteiger charge is 2.09. The van der Waals surface area contributed by atoms with E-state index in [-0.39, 0.29) is 6.29 Å². The molecule has 0 aromatic carbocycles. The summed E-state index contributed by atoms with van der Waals surface area (Å²) >= 11 is 0. The molecule has 86 valence electrons. The lowest BCUT2D eigenvalue weighted by atomic mass is 10.5. The zero-order valence-corrected chi connectivity index (χ0v) is 10.3. The van der Waals surface area contributed by atoms with E-state index in [2.05, 4.69) is 0 Å². The topological polar surface area (TPSA) is 35.5 Å². The lowest BCUT2D eigenvalue weighted by molar-refractivity contribution is -0.136. The largest absolute Gasteiger partial charge is 0.353 e. The zero-order chi connectivity index (χ0) is 10.8. The third kappa shape index (κ3) is 7.47. The Hall–Kier alpha value is 0.0700. The number of rotatable bonds is 9. The van der Waals surface area contributed by atoms with E-state index in [4.69, 9.17) is 9.47 Å². The molecule has 1 unspecified atom stereocenters. The summed E-state index contributed by atoms with van der Waals surface area (Å²) in [5.74, 6) is 1.46. The van der Waals surface area contributed by atoms with Crippen LogP contribution in [0.5, 0.6) is 0 Å². The molecule has 0 aromatic heterocycles. The van der Waals surface area contributed by atoms with Crippen molar-refractivity contribution < 1.29 is 13.7 Å². The van der Waals surface area contributed by atoms with E-state index in [1.165, 1.54) is 0 Å². The molecule has 0 saturated heterocycles. The lowest BCUT2D eigenvalue weighted by Crippen LogP contribution is -2.20. The van der Waals surface area contributed by atoms with Crippen LogP contribution < -0.4 is 0 Å².